The molecule has 2 aromatic carbocycles. The standard InChI is InChI=1S/C18H16N4O3/c1-25-17-8-7-12(9-16(17)23)11-19-22-18(24)15-10-14(20-21-15)13-5-3-2-4-6-13/h2-11,23H,1H3,(H,20,21)(H,22,24)/b19-11+. The topological polar surface area (TPSA) is 99.6 Å². The van der Waals surface area contributed by atoms with Crippen LogP contribution in [0.25, 0.3) is 11.3 Å². The molecule has 0 unspecified atom stereocenters. The second kappa shape index (κ2) is 7.31. The Balaban J connectivity index is 1.65. The van der Waals surface area contributed by atoms with E-state index in [1.807, 2.05) is 30.3 Å². The van der Waals surface area contributed by atoms with Crippen molar-refractivity contribution in [3.05, 3.63) is 65.9 Å². The van der Waals surface area contributed by atoms with E-state index in [1.54, 1.807) is 18.2 Å². The third-order valence-corrected chi connectivity index (χ3v) is 3.47. The van der Waals surface area contributed by atoms with Crippen molar-refractivity contribution >= 4 is 12.1 Å². The van der Waals surface area contributed by atoms with Gasteiger partial charge < -0.3 is 9.84 Å². The number of phenols is 1. The molecule has 0 fully saturated rings. The molecule has 0 saturated heterocycles. The highest BCUT2D eigenvalue weighted by Crippen LogP contribution is 2.25. The van der Waals surface area contributed by atoms with E-state index in [0.29, 0.717) is 22.7 Å². The number of phenolic OH excluding ortho intramolecular Hbond substituents is 1. The van der Waals surface area contributed by atoms with Gasteiger partial charge in [-0.2, -0.15) is 10.2 Å². The van der Waals surface area contributed by atoms with Gasteiger partial charge in [0.1, 0.15) is 5.69 Å². The number of ether oxygens (including phenoxy) is 1. The Morgan fingerprint density at radius 2 is 2.04 bits per heavy atom. The Bertz CT molecular complexity index is 904. The van der Waals surface area contributed by atoms with Crippen LogP contribution in [-0.4, -0.2) is 34.5 Å². The first-order valence-electron chi connectivity index (χ1n) is 7.48. The zero-order valence-electron chi connectivity index (χ0n) is 13.4. The van der Waals surface area contributed by atoms with Gasteiger partial charge in [0, 0.05) is 5.56 Å². The molecule has 0 saturated carbocycles. The lowest BCUT2D eigenvalue weighted by Gasteiger charge is -2.03. The molecule has 0 bridgehead atoms. The van der Waals surface area contributed by atoms with E-state index in [-0.39, 0.29) is 5.75 Å². The molecule has 1 amide bonds. The van der Waals surface area contributed by atoms with E-state index in [1.165, 1.54) is 19.4 Å². The number of carbonyl (C=O) groups excluding carboxylic acids is 1. The van der Waals surface area contributed by atoms with E-state index >= 15 is 0 Å². The number of amides is 1. The number of hydrogen-bond donors (Lipinski definition) is 3. The largest absolute Gasteiger partial charge is 0.504 e. The van der Waals surface area contributed by atoms with E-state index in [9.17, 15) is 9.90 Å². The van der Waals surface area contributed by atoms with Gasteiger partial charge in [-0.3, -0.25) is 9.89 Å². The number of hydrogen-bond acceptors (Lipinski definition) is 5. The Labute approximate surface area is 144 Å². The number of aromatic nitrogens is 2. The lowest BCUT2D eigenvalue weighted by molar-refractivity contribution is 0.0950. The van der Waals surface area contributed by atoms with Crippen LogP contribution in [0.2, 0.25) is 0 Å². The second-order valence-electron chi connectivity index (χ2n) is 5.16. The summed E-state index contributed by atoms with van der Waals surface area (Å²) in [5.41, 5.74) is 4.91. The van der Waals surface area contributed by atoms with E-state index in [4.69, 9.17) is 4.74 Å². The third kappa shape index (κ3) is 3.84. The number of hydrazone groups is 1. The Hall–Kier alpha value is -3.61. The maximum atomic E-state index is 12.1. The molecule has 0 radical (unpaired) electrons. The molecule has 126 valence electrons. The van der Waals surface area contributed by atoms with Gasteiger partial charge in [-0.15, -0.1) is 0 Å². The average molecular weight is 336 g/mol. The third-order valence-electron chi connectivity index (χ3n) is 3.47. The first-order valence-corrected chi connectivity index (χ1v) is 7.48. The van der Waals surface area contributed by atoms with Crippen molar-refractivity contribution in [3.63, 3.8) is 0 Å². The minimum Gasteiger partial charge on any atom is -0.504 e. The lowest BCUT2D eigenvalue weighted by Crippen LogP contribution is -2.17. The quantitative estimate of drug-likeness (QED) is 0.492. The fraction of sp³-hybridized carbons (Fsp3) is 0.0556. The summed E-state index contributed by atoms with van der Waals surface area (Å²) in [4.78, 5) is 12.1. The fourth-order valence-corrected chi connectivity index (χ4v) is 2.21. The van der Waals surface area contributed by atoms with Crippen LogP contribution in [-0.2, 0) is 0 Å². The molecule has 3 rings (SSSR count). The fourth-order valence-electron chi connectivity index (χ4n) is 2.21. The van der Waals surface area contributed by atoms with Crippen LogP contribution < -0.4 is 10.2 Å². The van der Waals surface area contributed by atoms with Crippen LogP contribution in [0, 0.1) is 0 Å². The van der Waals surface area contributed by atoms with Crippen molar-refractivity contribution in [2.24, 2.45) is 5.10 Å². The molecular formula is C18H16N4O3. The van der Waals surface area contributed by atoms with Crippen molar-refractivity contribution < 1.29 is 14.6 Å². The number of benzene rings is 2. The van der Waals surface area contributed by atoms with Crippen LogP contribution in [0.4, 0.5) is 0 Å². The summed E-state index contributed by atoms with van der Waals surface area (Å²) >= 11 is 0. The van der Waals surface area contributed by atoms with Crippen molar-refractivity contribution in [1.29, 1.82) is 0 Å². The summed E-state index contributed by atoms with van der Waals surface area (Å²) in [6.45, 7) is 0. The SMILES string of the molecule is COc1ccc(/C=N/NC(=O)c2cc(-c3ccccc3)n[nH]2)cc1O. The number of carbonyl (C=O) groups is 1. The number of aromatic hydroxyl groups is 1. The summed E-state index contributed by atoms with van der Waals surface area (Å²) < 4.78 is 4.96. The smallest absolute Gasteiger partial charge is 0.289 e. The van der Waals surface area contributed by atoms with Crippen LogP contribution >= 0.6 is 0 Å². The number of methoxy groups -OCH3 is 1. The minimum absolute atomic E-state index is 0.00107. The lowest BCUT2D eigenvalue weighted by atomic mass is 10.1. The number of nitrogens with one attached hydrogen (secondary N) is 2. The second-order valence-corrected chi connectivity index (χ2v) is 5.16. The molecule has 0 aliphatic rings. The predicted molar refractivity (Wildman–Crippen MR) is 93.7 cm³/mol. The first kappa shape index (κ1) is 16.3. The molecule has 0 atom stereocenters. The van der Waals surface area contributed by atoms with Crippen LogP contribution in [0.5, 0.6) is 11.5 Å². The number of nitrogens with zero attached hydrogens (tertiary/aromatic N) is 2. The summed E-state index contributed by atoms with van der Waals surface area (Å²) in [6.07, 6.45) is 1.42. The van der Waals surface area contributed by atoms with Gasteiger partial charge in [-0.05, 0) is 29.8 Å². The van der Waals surface area contributed by atoms with Gasteiger partial charge in [0.15, 0.2) is 11.5 Å². The normalized spacial score (nSPS) is 10.8. The summed E-state index contributed by atoms with van der Waals surface area (Å²) in [7, 11) is 1.47. The van der Waals surface area contributed by atoms with Crippen molar-refractivity contribution in [3.8, 4) is 22.8 Å². The van der Waals surface area contributed by atoms with Crippen molar-refractivity contribution in [1.82, 2.24) is 15.6 Å². The number of aromatic amines is 1. The maximum absolute atomic E-state index is 12.1. The molecular weight excluding hydrogens is 320 g/mol. The Morgan fingerprint density at radius 1 is 1.24 bits per heavy atom. The van der Waals surface area contributed by atoms with Crippen molar-refractivity contribution in [2.75, 3.05) is 7.11 Å². The molecule has 1 heterocycles. The summed E-state index contributed by atoms with van der Waals surface area (Å²) in [5, 5.41) is 20.4. The molecule has 7 heteroatoms. The average Bonchev–Trinajstić information content (AvgIpc) is 3.13. The summed E-state index contributed by atoms with van der Waals surface area (Å²) in [5.74, 6) is -0.0467. The van der Waals surface area contributed by atoms with Crippen LogP contribution in [0.3, 0.4) is 0 Å². The molecule has 3 N–H and O–H groups in total. The molecule has 0 aliphatic carbocycles. The predicted octanol–water partition coefficient (Wildman–Crippen LogP) is 2.55. The summed E-state index contributed by atoms with van der Waals surface area (Å²) in [6, 6.07) is 16.0. The molecule has 7 nitrogen and oxygen atoms in total. The van der Waals surface area contributed by atoms with Gasteiger partial charge in [0.05, 0.1) is 19.0 Å². The number of rotatable bonds is 5. The zero-order chi connectivity index (χ0) is 17.6. The van der Waals surface area contributed by atoms with Gasteiger partial charge >= 0.3 is 0 Å². The Morgan fingerprint density at radius 3 is 2.76 bits per heavy atom. The van der Waals surface area contributed by atoms with Gasteiger partial charge in [-0.1, -0.05) is 30.3 Å². The van der Waals surface area contributed by atoms with Gasteiger partial charge in [0.25, 0.3) is 5.91 Å². The van der Waals surface area contributed by atoms with E-state index in [2.05, 4.69) is 20.7 Å². The Kier molecular flexibility index (Phi) is 4.75. The highest BCUT2D eigenvalue weighted by molar-refractivity contribution is 5.94. The van der Waals surface area contributed by atoms with Crippen LogP contribution in [0.1, 0.15) is 16.1 Å². The van der Waals surface area contributed by atoms with Gasteiger partial charge in [-0.25, -0.2) is 5.43 Å². The highest BCUT2D eigenvalue weighted by Gasteiger charge is 2.10. The maximum Gasteiger partial charge on any atom is 0.289 e. The van der Waals surface area contributed by atoms with Gasteiger partial charge in [0.2, 0.25) is 0 Å². The van der Waals surface area contributed by atoms with Crippen molar-refractivity contribution in [2.45, 2.75) is 0 Å². The minimum atomic E-state index is -0.413. The monoisotopic (exact) mass is 336 g/mol. The first-order chi connectivity index (χ1) is 12.2. The molecule has 0 spiro atoms. The molecule has 1 aromatic heterocycles. The molecule has 0 aliphatic heterocycles. The highest BCUT2D eigenvalue weighted by atomic mass is 16.5. The van der Waals surface area contributed by atoms with Crippen LogP contribution in [0.15, 0.2) is 59.7 Å². The molecule has 3 aromatic rings. The zero-order valence-corrected chi connectivity index (χ0v) is 13.4. The van der Waals surface area contributed by atoms with E-state index in [0.717, 1.165) is 5.56 Å². The number of H-pyrrole nitrogens is 1. The molecule has 25 heavy (non-hydrogen) atoms. The van der Waals surface area contributed by atoms with E-state index < -0.39 is 5.91 Å².